The molecule has 0 aromatic heterocycles. The van der Waals surface area contributed by atoms with Crippen molar-refractivity contribution in [3.05, 3.63) is 94.1 Å². The Hall–Kier alpha value is -3.57. The van der Waals surface area contributed by atoms with Crippen molar-refractivity contribution >= 4 is 40.4 Å². The van der Waals surface area contributed by atoms with Crippen molar-refractivity contribution in [2.24, 2.45) is 0 Å². The maximum absolute atomic E-state index is 13.6. The number of amides is 2. The predicted octanol–water partition coefficient (Wildman–Crippen LogP) is 5.75. The minimum absolute atomic E-state index is 0.215. The van der Waals surface area contributed by atoms with Crippen LogP contribution in [-0.4, -0.2) is 18.4 Å². The van der Waals surface area contributed by atoms with Gasteiger partial charge in [0, 0.05) is 16.8 Å². The van der Waals surface area contributed by atoms with E-state index in [4.69, 9.17) is 16.3 Å². The summed E-state index contributed by atoms with van der Waals surface area (Å²) in [4.78, 5) is 28.3. The number of ether oxygens (including phenoxy) is 1. The number of carbonyl (C=O) groups excluding carboxylic acids is 2. The van der Waals surface area contributed by atoms with Crippen molar-refractivity contribution in [2.75, 3.05) is 16.8 Å². The SMILES string of the molecule is CCOc1cccc(NC2=C(c3ccc(C)cc3)C(=O)N(c3cccc(Cl)c3C)C2=O)c1. The number of hydrogen-bond donors (Lipinski definition) is 1. The summed E-state index contributed by atoms with van der Waals surface area (Å²) in [5.41, 5.74) is 4.05. The van der Waals surface area contributed by atoms with E-state index in [0.717, 1.165) is 5.56 Å². The predicted molar refractivity (Wildman–Crippen MR) is 128 cm³/mol. The van der Waals surface area contributed by atoms with E-state index in [9.17, 15) is 9.59 Å². The maximum Gasteiger partial charge on any atom is 0.282 e. The first-order chi connectivity index (χ1) is 15.4. The molecule has 2 amide bonds. The van der Waals surface area contributed by atoms with E-state index in [-0.39, 0.29) is 5.70 Å². The molecule has 0 saturated carbocycles. The van der Waals surface area contributed by atoms with Crippen molar-refractivity contribution in [3.63, 3.8) is 0 Å². The van der Waals surface area contributed by atoms with Gasteiger partial charge < -0.3 is 10.1 Å². The van der Waals surface area contributed by atoms with Gasteiger partial charge in [0.05, 0.1) is 17.9 Å². The van der Waals surface area contributed by atoms with Crippen molar-refractivity contribution in [1.82, 2.24) is 0 Å². The normalized spacial score (nSPS) is 13.7. The average Bonchev–Trinajstić information content (AvgIpc) is 3.01. The minimum atomic E-state index is -0.433. The maximum atomic E-state index is 13.6. The van der Waals surface area contributed by atoms with Gasteiger partial charge in [-0.25, -0.2) is 4.90 Å². The molecule has 1 N–H and O–H groups in total. The summed E-state index contributed by atoms with van der Waals surface area (Å²) in [5.74, 6) is -0.153. The van der Waals surface area contributed by atoms with Gasteiger partial charge in [0.2, 0.25) is 0 Å². The van der Waals surface area contributed by atoms with Crippen LogP contribution in [0.5, 0.6) is 5.75 Å². The van der Waals surface area contributed by atoms with Gasteiger partial charge >= 0.3 is 0 Å². The number of halogens is 1. The lowest BCUT2D eigenvalue weighted by atomic mass is 10.0. The standard InChI is InChI=1S/C26H23ClN2O3/c1-4-32-20-8-5-7-19(15-20)28-24-23(18-13-11-16(2)12-14-18)25(30)29(26(24)31)22-10-6-9-21(27)17(22)3/h5-15,28H,4H2,1-3H3. The van der Waals surface area contributed by atoms with Gasteiger partial charge in [0.1, 0.15) is 11.4 Å². The Morgan fingerprint density at radius 1 is 0.938 bits per heavy atom. The average molecular weight is 447 g/mol. The molecule has 4 rings (SSSR count). The Balaban J connectivity index is 1.82. The van der Waals surface area contributed by atoms with Gasteiger partial charge in [0.15, 0.2) is 0 Å². The number of imide groups is 1. The molecule has 0 spiro atoms. The van der Waals surface area contributed by atoms with Crippen LogP contribution in [0.3, 0.4) is 0 Å². The molecule has 0 atom stereocenters. The summed E-state index contributed by atoms with van der Waals surface area (Å²) < 4.78 is 5.57. The number of benzene rings is 3. The first kappa shape index (κ1) is 21.7. The summed E-state index contributed by atoms with van der Waals surface area (Å²) >= 11 is 6.28. The summed E-state index contributed by atoms with van der Waals surface area (Å²) in [6.45, 7) is 6.20. The van der Waals surface area contributed by atoms with Crippen molar-refractivity contribution in [1.29, 1.82) is 0 Å². The Morgan fingerprint density at radius 3 is 2.38 bits per heavy atom. The highest BCUT2D eigenvalue weighted by atomic mass is 35.5. The number of nitrogens with zero attached hydrogens (tertiary/aromatic N) is 1. The van der Waals surface area contributed by atoms with Crippen LogP contribution >= 0.6 is 11.6 Å². The second-order valence-corrected chi connectivity index (χ2v) is 7.94. The number of aryl methyl sites for hydroxylation is 1. The zero-order chi connectivity index (χ0) is 22.8. The third kappa shape index (κ3) is 3.99. The van der Waals surface area contributed by atoms with Gasteiger partial charge in [-0.15, -0.1) is 0 Å². The van der Waals surface area contributed by atoms with Gasteiger partial charge in [-0.2, -0.15) is 0 Å². The molecule has 0 bridgehead atoms. The van der Waals surface area contributed by atoms with Crippen LogP contribution < -0.4 is 15.0 Å². The van der Waals surface area contributed by atoms with E-state index in [1.165, 1.54) is 4.90 Å². The van der Waals surface area contributed by atoms with Crippen molar-refractivity contribution in [3.8, 4) is 5.75 Å². The monoisotopic (exact) mass is 446 g/mol. The Labute approximate surface area is 192 Å². The van der Waals surface area contributed by atoms with Crippen LogP contribution in [0.2, 0.25) is 5.02 Å². The van der Waals surface area contributed by atoms with Crippen LogP contribution in [0.4, 0.5) is 11.4 Å². The first-order valence-electron chi connectivity index (χ1n) is 10.4. The van der Waals surface area contributed by atoms with Crippen LogP contribution in [0.1, 0.15) is 23.6 Å². The lowest BCUT2D eigenvalue weighted by Gasteiger charge is -2.18. The lowest BCUT2D eigenvalue weighted by Crippen LogP contribution is -2.33. The van der Waals surface area contributed by atoms with E-state index in [2.05, 4.69) is 5.32 Å². The lowest BCUT2D eigenvalue weighted by molar-refractivity contribution is -0.120. The number of hydrogen-bond acceptors (Lipinski definition) is 4. The highest BCUT2D eigenvalue weighted by molar-refractivity contribution is 6.46. The molecule has 3 aromatic rings. The largest absolute Gasteiger partial charge is 0.494 e. The van der Waals surface area contributed by atoms with Crippen molar-refractivity contribution in [2.45, 2.75) is 20.8 Å². The number of anilines is 2. The third-order valence-electron chi connectivity index (χ3n) is 5.32. The Bertz CT molecular complexity index is 1230. The van der Waals surface area contributed by atoms with Crippen LogP contribution in [0, 0.1) is 13.8 Å². The summed E-state index contributed by atoms with van der Waals surface area (Å²) in [5, 5.41) is 3.66. The van der Waals surface area contributed by atoms with Crippen LogP contribution in [0.25, 0.3) is 5.57 Å². The highest BCUT2D eigenvalue weighted by Crippen LogP contribution is 2.37. The highest BCUT2D eigenvalue weighted by Gasteiger charge is 2.41. The van der Waals surface area contributed by atoms with Gasteiger partial charge in [-0.1, -0.05) is 53.6 Å². The Morgan fingerprint density at radius 2 is 1.66 bits per heavy atom. The molecule has 3 aromatic carbocycles. The molecule has 0 radical (unpaired) electrons. The summed E-state index contributed by atoms with van der Waals surface area (Å²) in [7, 11) is 0. The third-order valence-corrected chi connectivity index (χ3v) is 5.73. The smallest absolute Gasteiger partial charge is 0.282 e. The molecule has 1 aliphatic heterocycles. The van der Waals surface area contributed by atoms with Gasteiger partial charge in [-0.3, -0.25) is 9.59 Å². The first-order valence-corrected chi connectivity index (χ1v) is 10.7. The summed E-state index contributed by atoms with van der Waals surface area (Å²) in [6.07, 6.45) is 0. The number of rotatable bonds is 6. The van der Waals surface area contributed by atoms with Crippen LogP contribution in [-0.2, 0) is 9.59 Å². The molecule has 0 saturated heterocycles. The molecule has 1 aliphatic rings. The molecule has 5 nitrogen and oxygen atoms in total. The molecule has 0 fully saturated rings. The van der Waals surface area contributed by atoms with E-state index in [0.29, 0.717) is 45.5 Å². The van der Waals surface area contributed by atoms with Crippen molar-refractivity contribution < 1.29 is 14.3 Å². The fourth-order valence-corrected chi connectivity index (χ4v) is 3.84. The quantitative estimate of drug-likeness (QED) is 0.489. The molecule has 0 aliphatic carbocycles. The minimum Gasteiger partial charge on any atom is -0.494 e. The number of carbonyl (C=O) groups is 2. The molecule has 1 heterocycles. The zero-order valence-corrected chi connectivity index (χ0v) is 18.9. The van der Waals surface area contributed by atoms with Gasteiger partial charge in [-0.05, 0) is 56.2 Å². The van der Waals surface area contributed by atoms with E-state index < -0.39 is 11.8 Å². The molecular weight excluding hydrogens is 424 g/mol. The zero-order valence-electron chi connectivity index (χ0n) is 18.1. The Kier molecular flexibility index (Phi) is 6.01. The fourth-order valence-electron chi connectivity index (χ4n) is 3.67. The van der Waals surface area contributed by atoms with Crippen LogP contribution in [0.15, 0.2) is 72.4 Å². The number of nitrogens with one attached hydrogen (secondary N) is 1. The van der Waals surface area contributed by atoms with E-state index in [1.54, 1.807) is 31.2 Å². The molecular formula is C26H23ClN2O3. The molecule has 162 valence electrons. The fraction of sp³-hybridized carbons (Fsp3) is 0.154. The van der Waals surface area contributed by atoms with Gasteiger partial charge in [0.25, 0.3) is 11.8 Å². The van der Waals surface area contributed by atoms with E-state index in [1.807, 2.05) is 56.3 Å². The van der Waals surface area contributed by atoms with E-state index >= 15 is 0 Å². The molecule has 0 unspecified atom stereocenters. The second kappa shape index (κ2) is 8.89. The second-order valence-electron chi connectivity index (χ2n) is 7.53. The topological polar surface area (TPSA) is 58.6 Å². The molecule has 6 heteroatoms. The summed E-state index contributed by atoms with van der Waals surface area (Å²) in [6, 6.07) is 20.0. The molecule has 32 heavy (non-hydrogen) atoms.